The Bertz CT molecular complexity index is 334. The minimum absolute atomic E-state index is 0.420. The molecule has 0 bridgehead atoms. The molecule has 2 atom stereocenters. The molecule has 1 fully saturated rings. The Morgan fingerprint density at radius 3 is 3.06 bits per heavy atom. The molecule has 16 heavy (non-hydrogen) atoms. The van der Waals surface area contributed by atoms with Gasteiger partial charge in [0, 0.05) is 23.7 Å². The Labute approximate surface area is 102 Å². The van der Waals surface area contributed by atoms with Gasteiger partial charge in [0.05, 0.1) is 0 Å². The largest absolute Gasteiger partial charge is 0.315 e. The highest BCUT2D eigenvalue weighted by Crippen LogP contribution is 2.21. The molecular weight excluding hydrogens is 220 g/mol. The maximum absolute atomic E-state index is 6.02. The first-order valence-corrected chi connectivity index (χ1v) is 6.39. The van der Waals surface area contributed by atoms with Gasteiger partial charge in [-0.2, -0.15) is 0 Å². The maximum atomic E-state index is 6.02. The fourth-order valence-electron chi connectivity index (χ4n) is 2.25. The maximum Gasteiger partial charge on any atom is 0.0409 e. The molecule has 2 nitrogen and oxygen atoms in total. The van der Waals surface area contributed by atoms with E-state index in [9.17, 15) is 0 Å². The fraction of sp³-hybridized carbons (Fsp3) is 0.538. The van der Waals surface area contributed by atoms with Crippen LogP contribution in [0.1, 0.15) is 31.4 Å². The van der Waals surface area contributed by atoms with E-state index < -0.39 is 0 Å². The summed E-state index contributed by atoms with van der Waals surface area (Å²) in [6.45, 7) is 4.42. The molecule has 1 aliphatic heterocycles. The Balaban J connectivity index is 2.03. The molecule has 0 aromatic heterocycles. The van der Waals surface area contributed by atoms with Crippen LogP contribution < -0.4 is 10.6 Å². The zero-order chi connectivity index (χ0) is 11.4. The lowest BCUT2D eigenvalue weighted by atomic mass is 10.0. The van der Waals surface area contributed by atoms with Gasteiger partial charge in [-0.1, -0.05) is 30.7 Å². The summed E-state index contributed by atoms with van der Waals surface area (Å²) in [4.78, 5) is 0. The predicted octanol–water partition coefficient (Wildman–Crippen LogP) is 2.74. The van der Waals surface area contributed by atoms with Crippen molar-refractivity contribution in [1.29, 1.82) is 0 Å². The number of rotatable bonds is 4. The minimum Gasteiger partial charge on any atom is -0.315 e. The molecule has 1 aromatic carbocycles. The van der Waals surface area contributed by atoms with E-state index in [1.807, 2.05) is 12.1 Å². The zero-order valence-electron chi connectivity index (χ0n) is 9.67. The first-order valence-electron chi connectivity index (χ1n) is 6.02. The predicted molar refractivity (Wildman–Crippen MR) is 68.9 cm³/mol. The highest BCUT2D eigenvalue weighted by Gasteiger charge is 2.18. The first kappa shape index (κ1) is 11.9. The Hall–Kier alpha value is -0.570. The molecular formula is C13H19ClN2. The van der Waals surface area contributed by atoms with Gasteiger partial charge in [-0.15, -0.1) is 0 Å². The number of halogens is 1. The van der Waals surface area contributed by atoms with Crippen LogP contribution in [0.2, 0.25) is 5.02 Å². The van der Waals surface area contributed by atoms with Crippen LogP contribution in [0, 0.1) is 0 Å². The van der Waals surface area contributed by atoms with E-state index >= 15 is 0 Å². The lowest BCUT2D eigenvalue weighted by Gasteiger charge is -2.22. The summed E-state index contributed by atoms with van der Waals surface area (Å²) in [5, 5.41) is 7.89. The molecule has 0 aliphatic carbocycles. The number of nitrogens with one attached hydrogen (secondary N) is 2. The zero-order valence-corrected chi connectivity index (χ0v) is 10.4. The third-order valence-electron chi connectivity index (χ3n) is 3.16. The van der Waals surface area contributed by atoms with Crippen molar-refractivity contribution in [2.75, 3.05) is 13.1 Å². The van der Waals surface area contributed by atoms with Gasteiger partial charge >= 0.3 is 0 Å². The van der Waals surface area contributed by atoms with Crippen LogP contribution in [-0.2, 0) is 0 Å². The molecule has 0 radical (unpaired) electrons. The van der Waals surface area contributed by atoms with E-state index in [1.165, 1.54) is 12.0 Å². The third kappa shape index (κ3) is 2.97. The van der Waals surface area contributed by atoms with Crippen LogP contribution in [0.5, 0.6) is 0 Å². The van der Waals surface area contributed by atoms with Gasteiger partial charge in [0.25, 0.3) is 0 Å². The van der Waals surface area contributed by atoms with Gasteiger partial charge in [0.15, 0.2) is 0 Å². The molecule has 0 saturated carbocycles. The summed E-state index contributed by atoms with van der Waals surface area (Å²) in [5.41, 5.74) is 1.29. The quantitative estimate of drug-likeness (QED) is 0.843. The molecule has 1 aromatic rings. The number of hydrogen-bond acceptors (Lipinski definition) is 2. The lowest BCUT2D eigenvalue weighted by molar-refractivity contribution is 0.444. The summed E-state index contributed by atoms with van der Waals surface area (Å²) in [6, 6.07) is 9.18. The van der Waals surface area contributed by atoms with Crippen molar-refractivity contribution in [3.8, 4) is 0 Å². The standard InChI is InChI=1S/C13H19ClN2/c1-2-13(16-12-6-7-15-9-12)10-4-3-5-11(14)8-10/h3-5,8,12-13,15-16H,2,6-7,9H2,1H3. The second kappa shape index (κ2) is 5.67. The Morgan fingerprint density at radius 2 is 2.44 bits per heavy atom. The second-order valence-corrected chi connectivity index (χ2v) is 4.81. The molecule has 2 N–H and O–H groups in total. The molecule has 1 saturated heterocycles. The summed E-state index contributed by atoms with van der Waals surface area (Å²) in [6.07, 6.45) is 2.31. The molecule has 1 heterocycles. The summed E-state index contributed by atoms with van der Waals surface area (Å²) in [7, 11) is 0. The van der Waals surface area contributed by atoms with E-state index in [-0.39, 0.29) is 0 Å². The van der Waals surface area contributed by atoms with E-state index in [0.717, 1.165) is 24.5 Å². The van der Waals surface area contributed by atoms with E-state index in [4.69, 9.17) is 11.6 Å². The van der Waals surface area contributed by atoms with Crippen LogP contribution in [-0.4, -0.2) is 19.1 Å². The average Bonchev–Trinajstić information content (AvgIpc) is 2.78. The van der Waals surface area contributed by atoms with Crippen molar-refractivity contribution >= 4 is 11.6 Å². The topological polar surface area (TPSA) is 24.1 Å². The SMILES string of the molecule is CCC(NC1CCNC1)c1cccc(Cl)c1. The lowest BCUT2D eigenvalue weighted by Crippen LogP contribution is -2.34. The van der Waals surface area contributed by atoms with Crippen LogP contribution in [0.4, 0.5) is 0 Å². The van der Waals surface area contributed by atoms with Crippen LogP contribution >= 0.6 is 11.6 Å². The highest BCUT2D eigenvalue weighted by molar-refractivity contribution is 6.30. The number of benzene rings is 1. The van der Waals surface area contributed by atoms with Crippen molar-refractivity contribution in [2.45, 2.75) is 31.8 Å². The van der Waals surface area contributed by atoms with Crippen molar-refractivity contribution in [3.63, 3.8) is 0 Å². The number of hydrogen-bond donors (Lipinski definition) is 2. The van der Waals surface area contributed by atoms with Gasteiger partial charge in [-0.05, 0) is 37.1 Å². The smallest absolute Gasteiger partial charge is 0.0409 e. The minimum atomic E-state index is 0.420. The van der Waals surface area contributed by atoms with Crippen LogP contribution in [0.15, 0.2) is 24.3 Å². The summed E-state index contributed by atoms with van der Waals surface area (Å²) in [5.74, 6) is 0. The molecule has 0 amide bonds. The average molecular weight is 239 g/mol. The van der Waals surface area contributed by atoms with E-state index in [2.05, 4.69) is 29.7 Å². The highest BCUT2D eigenvalue weighted by atomic mass is 35.5. The van der Waals surface area contributed by atoms with E-state index in [1.54, 1.807) is 0 Å². The monoisotopic (exact) mass is 238 g/mol. The van der Waals surface area contributed by atoms with Crippen molar-refractivity contribution < 1.29 is 0 Å². The van der Waals surface area contributed by atoms with Gasteiger partial charge < -0.3 is 10.6 Å². The van der Waals surface area contributed by atoms with Crippen molar-refractivity contribution in [1.82, 2.24) is 10.6 Å². The van der Waals surface area contributed by atoms with Crippen LogP contribution in [0.3, 0.4) is 0 Å². The van der Waals surface area contributed by atoms with Crippen LogP contribution in [0.25, 0.3) is 0 Å². The Morgan fingerprint density at radius 1 is 1.56 bits per heavy atom. The van der Waals surface area contributed by atoms with Crippen molar-refractivity contribution in [3.05, 3.63) is 34.9 Å². The molecule has 88 valence electrons. The fourth-order valence-corrected chi connectivity index (χ4v) is 2.45. The Kier molecular flexibility index (Phi) is 4.22. The van der Waals surface area contributed by atoms with Crippen molar-refractivity contribution in [2.24, 2.45) is 0 Å². The summed E-state index contributed by atoms with van der Waals surface area (Å²) < 4.78 is 0. The normalized spacial score (nSPS) is 22.2. The molecule has 3 heteroatoms. The van der Waals surface area contributed by atoms with Gasteiger partial charge in [0.1, 0.15) is 0 Å². The van der Waals surface area contributed by atoms with Gasteiger partial charge in [-0.3, -0.25) is 0 Å². The van der Waals surface area contributed by atoms with Gasteiger partial charge in [-0.25, -0.2) is 0 Å². The third-order valence-corrected chi connectivity index (χ3v) is 3.39. The van der Waals surface area contributed by atoms with E-state index in [0.29, 0.717) is 12.1 Å². The molecule has 2 rings (SSSR count). The summed E-state index contributed by atoms with van der Waals surface area (Å²) >= 11 is 6.02. The van der Waals surface area contributed by atoms with Gasteiger partial charge in [0.2, 0.25) is 0 Å². The molecule has 1 aliphatic rings. The molecule has 0 spiro atoms. The second-order valence-electron chi connectivity index (χ2n) is 4.37. The first-order chi connectivity index (χ1) is 7.79. The molecule has 2 unspecified atom stereocenters.